The molecule has 0 spiro atoms. The molecule has 0 amide bonds. The molecule has 2 heterocycles. The second-order valence-corrected chi connectivity index (χ2v) is 7.24. The number of hydrogen-bond acceptors (Lipinski definition) is 3. The maximum Gasteiger partial charge on any atom is 0.148 e. The van der Waals surface area contributed by atoms with Gasteiger partial charge in [-0.3, -0.25) is 4.57 Å². The standard InChI is InChI=1S/C23H22N4/c1-16-22(17-6-3-2-4-7-17)21-14-24-15-25-23(21)27(16)20-12-10-19(11-13-20)26-18-8-5-9-18/h2-4,6-7,10-15,18,26H,5,8-9H2,1H3. The summed E-state index contributed by atoms with van der Waals surface area (Å²) < 4.78 is 2.23. The van der Waals surface area contributed by atoms with Crippen LogP contribution < -0.4 is 5.32 Å². The lowest BCUT2D eigenvalue weighted by Crippen LogP contribution is -2.26. The molecule has 4 heteroatoms. The predicted octanol–water partition coefficient (Wildman–Crippen LogP) is 5.36. The van der Waals surface area contributed by atoms with Gasteiger partial charge in [0, 0.05) is 40.3 Å². The molecule has 0 unspecified atom stereocenters. The number of rotatable bonds is 4. The summed E-state index contributed by atoms with van der Waals surface area (Å²) in [6.07, 6.45) is 7.44. The van der Waals surface area contributed by atoms with Crippen molar-refractivity contribution in [1.82, 2.24) is 14.5 Å². The van der Waals surface area contributed by atoms with Crippen LogP contribution in [0.4, 0.5) is 5.69 Å². The van der Waals surface area contributed by atoms with Crippen molar-refractivity contribution in [3.05, 3.63) is 72.8 Å². The van der Waals surface area contributed by atoms with Crippen LogP contribution in [0.15, 0.2) is 67.1 Å². The first-order valence-corrected chi connectivity index (χ1v) is 9.54. The fraction of sp³-hybridized carbons (Fsp3) is 0.217. The van der Waals surface area contributed by atoms with Crippen LogP contribution in [0, 0.1) is 6.92 Å². The molecule has 0 radical (unpaired) electrons. The minimum absolute atomic E-state index is 0.641. The van der Waals surface area contributed by atoms with Crippen molar-refractivity contribution in [3.8, 4) is 16.8 Å². The molecule has 1 N–H and O–H groups in total. The van der Waals surface area contributed by atoms with Crippen LogP contribution in [0.3, 0.4) is 0 Å². The third kappa shape index (κ3) is 2.78. The number of anilines is 1. The Balaban J connectivity index is 1.62. The van der Waals surface area contributed by atoms with Gasteiger partial charge in [-0.05, 0) is 56.0 Å². The quantitative estimate of drug-likeness (QED) is 0.536. The fourth-order valence-electron chi connectivity index (χ4n) is 3.92. The zero-order valence-electron chi connectivity index (χ0n) is 15.4. The molecule has 4 aromatic rings. The van der Waals surface area contributed by atoms with E-state index in [9.17, 15) is 0 Å². The van der Waals surface area contributed by atoms with Crippen molar-refractivity contribution >= 4 is 16.7 Å². The summed E-state index contributed by atoms with van der Waals surface area (Å²) in [5.41, 5.74) is 6.82. The maximum atomic E-state index is 4.59. The highest BCUT2D eigenvalue weighted by atomic mass is 15.1. The normalized spacial score (nSPS) is 14.3. The van der Waals surface area contributed by atoms with Crippen LogP contribution >= 0.6 is 0 Å². The molecule has 0 atom stereocenters. The SMILES string of the molecule is Cc1c(-c2ccccc2)c2cncnc2n1-c1ccc(NC2CCC2)cc1. The van der Waals surface area contributed by atoms with Gasteiger partial charge in [0.2, 0.25) is 0 Å². The van der Waals surface area contributed by atoms with Crippen LogP contribution in [-0.4, -0.2) is 20.6 Å². The first kappa shape index (κ1) is 16.1. The first-order chi connectivity index (χ1) is 13.3. The summed E-state index contributed by atoms with van der Waals surface area (Å²) in [5.74, 6) is 0. The Bertz CT molecular complexity index is 1080. The van der Waals surface area contributed by atoms with E-state index in [4.69, 9.17) is 0 Å². The van der Waals surface area contributed by atoms with Crippen LogP contribution in [0.5, 0.6) is 0 Å². The minimum Gasteiger partial charge on any atom is -0.382 e. The highest BCUT2D eigenvalue weighted by Gasteiger charge is 2.19. The molecule has 4 nitrogen and oxygen atoms in total. The molecule has 1 fully saturated rings. The third-order valence-corrected chi connectivity index (χ3v) is 5.53. The van der Waals surface area contributed by atoms with Crippen molar-refractivity contribution in [3.63, 3.8) is 0 Å². The Morgan fingerprint density at radius 2 is 1.78 bits per heavy atom. The van der Waals surface area contributed by atoms with Gasteiger partial charge in [0.05, 0.1) is 0 Å². The van der Waals surface area contributed by atoms with E-state index in [0.29, 0.717) is 6.04 Å². The molecule has 2 aromatic heterocycles. The van der Waals surface area contributed by atoms with Gasteiger partial charge in [-0.1, -0.05) is 30.3 Å². The van der Waals surface area contributed by atoms with Gasteiger partial charge in [0.15, 0.2) is 0 Å². The van der Waals surface area contributed by atoms with Crippen molar-refractivity contribution in [1.29, 1.82) is 0 Å². The fourth-order valence-corrected chi connectivity index (χ4v) is 3.92. The highest BCUT2D eigenvalue weighted by molar-refractivity contribution is 5.96. The van der Waals surface area contributed by atoms with Gasteiger partial charge < -0.3 is 5.32 Å². The summed E-state index contributed by atoms with van der Waals surface area (Å²) in [6.45, 7) is 2.16. The van der Waals surface area contributed by atoms with Crippen LogP contribution in [0.25, 0.3) is 27.8 Å². The molecule has 1 aliphatic rings. The molecular weight excluding hydrogens is 332 g/mol. The summed E-state index contributed by atoms with van der Waals surface area (Å²) in [6, 6.07) is 19.8. The molecule has 27 heavy (non-hydrogen) atoms. The van der Waals surface area contributed by atoms with E-state index in [1.165, 1.54) is 41.8 Å². The smallest absolute Gasteiger partial charge is 0.148 e. The zero-order valence-corrected chi connectivity index (χ0v) is 15.4. The Morgan fingerprint density at radius 3 is 2.48 bits per heavy atom. The van der Waals surface area contributed by atoms with Crippen LogP contribution in [0.2, 0.25) is 0 Å². The largest absolute Gasteiger partial charge is 0.382 e. The molecule has 2 aromatic carbocycles. The second-order valence-electron chi connectivity index (χ2n) is 7.24. The summed E-state index contributed by atoms with van der Waals surface area (Å²) in [7, 11) is 0. The van der Waals surface area contributed by atoms with E-state index in [2.05, 4.69) is 75.3 Å². The maximum absolute atomic E-state index is 4.59. The number of nitrogens with one attached hydrogen (secondary N) is 1. The van der Waals surface area contributed by atoms with Crippen molar-refractivity contribution < 1.29 is 0 Å². The third-order valence-electron chi connectivity index (χ3n) is 5.53. The summed E-state index contributed by atoms with van der Waals surface area (Å²) in [4.78, 5) is 8.87. The Labute approximate surface area is 158 Å². The van der Waals surface area contributed by atoms with E-state index in [1.807, 2.05) is 12.3 Å². The van der Waals surface area contributed by atoms with Gasteiger partial charge >= 0.3 is 0 Å². The molecule has 5 rings (SSSR count). The Morgan fingerprint density at radius 1 is 1.00 bits per heavy atom. The number of hydrogen-bond donors (Lipinski definition) is 1. The van der Waals surface area contributed by atoms with E-state index in [-0.39, 0.29) is 0 Å². The average Bonchev–Trinajstić information content (AvgIpc) is 2.98. The van der Waals surface area contributed by atoms with Crippen molar-refractivity contribution in [2.75, 3.05) is 5.32 Å². The van der Waals surface area contributed by atoms with E-state index in [1.54, 1.807) is 6.33 Å². The molecule has 0 aliphatic heterocycles. The van der Waals surface area contributed by atoms with Crippen LogP contribution in [0.1, 0.15) is 25.0 Å². The van der Waals surface area contributed by atoms with E-state index >= 15 is 0 Å². The lowest BCUT2D eigenvalue weighted by atomic mass is 9.93. The van der Waals surface area contributed by atoms with Gasteiger partial charge in [0.25, 0.3) is 0 Å². The van der Waals surface area contributed by atoms with Crippen molar-refractivity contribution in [2.24, 2.45) is 0 Å². The van der Waals surface area contributed by atoms with Gasteiger partial charge in [-0.25, -0.2) is 9.97 Å². The number of aromatic nitrogens is 3. The predicted molar refractivity (Wildman–Crippen MR) is 110 cm³/mol. The average molecular weight is 354 g/mol. The topological polar surface area (TPSA) is 42.7 Å². The molecular formula is C23H22N4. The van der Waals surface area contributed by atoms with Gasteiger partial charge in [-0.2, -0.15) is 0 Å². The van der Waals surface area contributed by atoms with Crippen LogP contribution in [-0.2, 0) is 0 Å². The van der Waals surface area contributed by atoms with Crippen molar-refractivity contribution in [2.45, 2.75) is 32.2 Å². The van der Waals surface area contributed by atoms with E-state index in [0.717, 1.165) is 16.7 Å². The number of fused-ring (bicyclic) bond motifs is 1. The zero-order chi connectivity index (χ0) is 18.2. The lowest BCUT2D eigenvalue weighted by Gasteiger charge is -2.27. The van der Waals surface area contributed by atoms with Gasteiger partial charge in [-0.15, -0.1) is 0 Å². The second kappa shape index (κ2) is 6.54. The first-order valence-electron chi connectivity index (χ1n) is 9.54. The van der Waals surface area contributed by atoms with E-state index < -0.39 is 0 Å². The Hall–Kier alpha value is -3.14. The molecule has 0 bridgehead atoms. The summed E-state index contributed by atoms with van der Waals surface area (Å²) >= 11 is 0. The van der Waals surface area contributed by atoms with Gasteiger partial charge in [0.1, 0.15) is 12.0 Å². The molecule has 134 valence electrons. The summed E-state index contributed by atoms with van der Waals surface area (Å²) in [5, 5.41) is 4.69. The Kier molecular flexibility index (Phi) is 3.89. The number of nitrogens with zero attached hydrogens (tertiary/aromatic N) is 3. The monoisotopic (exact) mass is 354 g/mol. The molecule has 1 saturated carbocycles. The minimum atomic E-state index is 0.641. The highest BCUT2D eigenvalue weighted by Crippen LogP contribution is 2.35. The molecule has 0 saturated heterocycles. The lowest BCUT2D eigenvalue weighted by molar-refractivity contribution is 0.445. The molecule has 1 aliphatic carbocycles. The number of benzene rings is 2.